The van der Waals surface area contributed by atoms with Crippen LogP contribution in [0.5, 0.6) is 11.5 Å². The van der Waals surface area contributed by atoms with E-state index < -0.39 is 5.97 Å². The van der Waals surface area contributed by atoms with Crippen LogP contribution in [0.2, 0.25) is 0 Å². The average molecular weight is 281 g/mol. The van der Waals surface area contributed by atoms with Crippen molar-refractivity contribution in [3.8, 4) is 28.7 Å². The Bertz CT molecular complexity index is 790. The second kappa shape index (κ2) is 4.84. The molecule has 1 aliphatic rings. The average Bonchev–Trinajstić information content (AvgIpc) is 2.93. The molecule has 2 N–H and O–H groups in total. The molecule has 0 aliphatic carbocycles. The van der Waals surface area contributed by atoms with Gasteiger partial charge in [0.1, 0.15) is 17.1 Å². The normalized spacial score (nSPS) is 12.3. The summed E-state index contributed by atoms with van der Waals surface area (Å²) < 4.78 is 5.49. The smallest absolute Gasteiger partial charge is 0.339 e. The van der Waals surface area contributed by atoms with Gasteiger partial charge in [-0.05, 0) is 35.4 Å². The van der Waals surface area contributed by atoms with Crippen LogP contribution in [0.15, 0.2) is 30.3 Å². The molecule has 0 saturated heterocycles. The van der Waals surface area contributed by atoms with Gasteiger partial charge in [0.2, 0.25) is 0 Å². The standard InChI is InChI=1S/C16H11NO4/c17-8-9-5-13(11-3-4-21-15(11)6-9)10-1-2-12(16(19)20)14(18)7-10/h1-2,5-7,18H,3-4H2,(H,19,20). The van der Waals surface area contributed by atoms with Crippen molar-refractivity contribution in [2.45, 2.75) is 6.42 Å². The van der Waals surface area contributed by atoms with E-state index in [9.17, 15) is 9.90 Å². The van der Waals surface area contributed by atoms with Gasteiger partial charge in [-0.25, -0.2) is 4.79 Å². The fourth-order valence-electron chi connectivity index (χ4n) is 2.50. The van der Waals surface area contributed by atoms with Gasteiger partial charge in [-0.1, -0.05) is 6.07 Å². The number of carboxylic acids is 1. The highest BCUT2D eigenvalue weighted by molar-refractivity contribution is 5.92. The van der Waals surface area contributed by atoms with Crippen molar-refractivity contribution in [1.82, 2.24) is 0 Å². The third kappa shape index (κ3) is 2.17. The van der Waals surface area contributed by atoms with Crippen LogP contribution >= 0.6 is 0 Å². The molecule has 0 spiro atoms. The number of hydrogen-bond acceptors (Lipinski definition) is 4. The van der Waals surface area contributed by atoms with Gasteiger partial charge in [-0.15, -0.1) is 0 Å². The maximum Gasteiger partial charge on any atom is 0.339 e. The van der Waals surface area contributed by atoms with Crippen LogP contribution in [0.4, 0.5) is 0 Å². The highest BCUT2D eigenvalue weighted by atomic mass is 16.5. The molecule has 0 aromatic heterocycles. The Hall–Kier alpha value is -3.00. The number of phenols is 1. The number of carbonyl (C=O) groups is 1. The SMILES string of the molecule is N#Cc1cc2c(c(-c3ccc(C(=O)O)c(O)c3)c1)CCO2. The summed E-state index contributed by atoms with van der Waals surface area (Å²) in [7, 11) is 0. The van der Waals surface area contributed by atoms with Crippen LogP contribution in [-0.4, -0.2) is 22.8 Å². The Morgan fingerprint density at radius 1 is 1.29 bits per heavy atom. The molecule has 0 amide bonds. The highest BCUT2D eigenvalue weighted by Gasteiger charge is 2.20. The molecule has 21 heavy (non-hydrogen) atoms. The lowest BCUT2D eigenvalue weighted by atomic mass is 9.95. The second-order valence-electron chi connectivity index (χ2n) is 4.75. The summed E-state index contributed by atoms with van der Waals surface area (Å²) in [5.74, 6) is -0.806. The molecule has 2 aromatic carbocycles. The lowest BCUT2D eigenvalue weighted by Gasteiger charge is -2.10. The van der Waals surface area contributed by atoms with Crippen LogP contribution in [0.3, 0.4) is 0 Å². The molecule has 104 valence electrons. The molecule has 0 atom stereocenters. The van der Waals surface area contributed by atoms with Crippen LogP contribution in [-0.2, 0) is 6.42 Å². The number of benzene rings is 2. The minimum Gasteiger partial charge on any atom is -0.507 e. The molecule has 3 rings (SSSR count). The molecule has 0 unspecified atom stereocenters. The lowest BCUT2D eigenvalue weighted by molar-refractivity contribution is 0.0694. The third-order valence-electron chi connectivity index (χ3n) is 3.49. The predicted molar refractivity (Wildman–Crippen MR) is 74.4 cm³/mol. The Kier molecular flexibility index (Phi) is 2.99. The fraction of sp³-hybridized carbons (Fsp3) is 0.125. The molecule has 1 aliphatic heterocycles. The van der Waals surface area contributed by atoms with Crippen molar-refractivity contribution in [1.29, 1.82) is 5.26 Å². The summed E-state index contributed by atoms with van der Waals surface area (Å²) in [5, 5.41) is 27.8. The number of nitrogens with zero attached hydrogens (tertiary/aromatic N) is 1. The van der Waals surface area contributed by atoms with Gasteiger partial charge in [-0.2, -0.15) is 5.26 Å². The van der Waals surface area contributed by atoms with Crippen molar-refractivity contribution in [2.24, 2.45) is 0 Å². The molecule has 2 aromatic rings. The first-order valence-corrected chi connectivity index (χ1v) is 6.36. The molecule has 0 radical (unpaired) electrons. The maximum atomic E-state index is 10.9. The van der Waals surface area contributed by atoms with Crippen LogP contribution in [0.1, 0.15) is 21.5 Å². The van der Waals surface area contributed by atoms with Crippen LogP contribution < -0.4 is 4.74 Å². The number of carboxylic acid groups (broad SMARTS) is 1. The largest absolute Gasteiger partial charge is 0.507 e. The van der Waals surface area contributed by atoms with E-state index in [2.05, 4.69) is 6.07 Å². The first-order chi connectivity index (χ1) is 10.1. The first-order valence-electron chi connectivity index (χ1n) is 6.36. The third-order valence-corrected chi connectivity index (χ3v) is 3.49. The molecule has 0 fully saturated rings. The van der Waals surface area contributed by atoms with Crippen molar-refractivity contribution in [2.75, 3.05) is 6.61 Å². The van der Waals surface area contributed by atoms with Gasteiger partial charge < -0.3 is 14.9 Å². The van der Waals surface area contributed by atoms with E-state index in [0.717, 1.165) is 17.5 Å². The Balaban J connectivity index is 2.17. The van der Waals surface area contributed by atoms with Gasteiger partial charge in [0.25, 0.3) is 0 Å². The number of aromatic carboxylic acids is 1. The van der Waals surface area contributed by atoms with E-state index in [1.165, 1.54) is 12.1 Å². The predicted octanol–water partition coefficient (Wildman–Crippen LogP) is 2.56. The van der Waals surface area contributed by atoms with E-state index in [-0.39, 0.29) is 11.3 Å². The number of fused-ring (bicyclic) bond motifs is 1. The topological polar surface area (TPSA) is 90.6 Å². The minimum atomic E-state index is -1.18. The van der Waals surface area contributed by atoms with E-state index in [0.29, 0.717) is 23.5 Å². The van der Waals surface area contributed by atoms with Gasteiger partial charge in [0.15, 0.2) is 0 Å². The maximum absolute atomic E-state index is 10.9. The molecule has 0 bridgehead atoms. The number of nitriles is 1. The summed E-state index contributed by atoms with van der Waals surface area (Å²) in [6.45, 7) is 0.552. The molecule has 0 saturated carbocycles. The zero-order chi connectivity index (χ0) is 15.0. The summed E-state index contributed by atoms with van der Waals surface area (Å²) >= 11 is 0. The molecule has 5 nitrogen and oxygen atoms in total. The van der Waals surface area contributed by atoms with Gasteiger partial charge in [-0.3, -0.25) is 0 Å². The zero-order valence-electron chi connectivity index (χ0n) is 11.0. The van der Waals surface area contributed by atoms with Gasteiger partial charge >= 0.3 is 5.97 Å². The minimum absolute atomic E-state index is 0.150. The summed E-state index contributed by atoms with van der Waals surface area (Å²) in [4.78, 5) is 10.9. The summed E-state index contributed by atoms with van der Waals surface area (Å²) in [6, 6.07) is 9.87. The number of rotatable bonds is 2. The molecular formula is C16H11NO4. The molecule has 5 heteroatoms. The fourth-order valence-corrected chi connectivity index (χ4v) is 2.50. The number of hydrogen-bond donors (Lipinski definition) is 2. The van der Waals surface area contributed by atoms with Gasteiger partial charge in [0, 0.05) is 12.0 Å². The van der Waals surface area contributed by atoms with E-state index in [4.69, 9.17) is 15.1 Å². The second-order valence-corrected chi connectivity index (χ2v) is 4.75. The van der Waals surface area contributed by atoms with Crippen molar-refractivity contribution in [3.63, 3.8) is 0 Å². The van der Waals surface area contributed by atoms with Crippen molar-refractivity contribution < 1.29 is 19.7 Å². The molecular weight excluding hydrogens is 270 g/mol. The lowest BCUT2D eigenvalue weighted by Crippen LogP contribution is -1.97. The number of ether oxygens (including phenoxy) is 1. The zero-order valence-corrected chi connectivity index (χ0v) is 11.0. The molecule has 1 heterocycles. The van der Waals surface area contributed by atoms with Crippen molar-refractivity contribution in [3.05, 3.63) is 47.0 Å². The summed E-state index contributed by atoms with van der Waals surface area (Å²) in [6.07, 6.45) is 0.720. The highest BCUT2D eigenvalue weighted by Crippen LogP contribution is 2.37. The Labute approximate surface area is 120 Å². The van der Waals surface area contributed by atoms with E-state index in [1.54, 1.807) is 18.2 Å². The van der Waals surface area contributed by atoms with Crippen molar-refractivity contribution >= 4 is 5.97 Å². The van der Waals surface area contributed by atoms with E-state index >= 15 is 0 Å². The number of aromatic hydroxyl groups is 1. The monoisotopic (exact) mass is 281 g/mol. The quantitative estimate of drug-likeness (QED) is 0.882. The van der Waals surface area contributed by atoms with Gasteiger partial charge in [0.05, 0.1) is 18.2 Å². The Morgan fingerprint density at radius 2 is 2.10 bits per heavy atom. The van der Waals surface area contributed by atoms with E-state index in [1.807, 2.05) is 0 Å². The summed E-state index contributed by atoms with van der Waals surface area (Å²) in [5.41, 5.74) is 2.73. The van der Waals surface area contributed by atoms with Crippen LogP contribution in [0.25, 0.3) is 11.1 Å². The Morgan fingerprint density at radius 3 is 2.76 bits per heavy atom. The first kappa shape index (κ1) is 13.0. The van der Waals surface area contributed by atoms with Crippen LogP contribution in [0, 0.1) is 11.3 Å².